The number of hydrogen-bond acceptors (Lipinski definition) is 14. The van der Waals surface area contributed by atoms with Crippen LogP contribution in [-0.4, -0.2) is 99.7 Å². The topological polar surface area (TPSA) is 281 Å². The lowest BCUT2D eigenvalue weighted by atomic mass is 10.1. The zero-order valence-electron chi connectivity index (χ0n) is 19.7. The quantitative estimate of drug-likeness (QED) is 0.0934. The third kappa shape index (κ3) is 5.12. The molecule has 2 saturated heterocycles. The summed E-state index contributed by atoms with van der Waals surface area (Å²) >= 11 is 0. The Hall–Kier alpha value is -3.10. The standard InChI is InChI=1S/C19H24N7O12P/c20-15-10-16(22-5-21-15)26(6-23-10)18-14(12(30)7(3-27)36-18)38-39(33,34)35-4-8-11(29)13(31)17(37-8)25-2-1-9(28)24-19(25)32/h1-2,5-8,11-14,17-18,27,29-31H,3-4H2,(H4,20,21,22,24,28,32,33,34)/p+1. The van der Waals surface area contributed by atoms with Crippen LogP contribution in [0.5, 0.6) is 0 Å². The van der Waals surface area contributed by atoms with E-state index < -0.39 is 81.4 Å². The molecule has 2 aliphatic heterocycles. The van der Waals surface area contributed by atoms with Crippen molar-refractivity contribution < 1.29 is 53.0 Å². The number of nitrogens with zero attached hydrogens (tertiary/aromatic N) is 4. The number of ether oxygens (including phenoxy) is 2. The molecule has 9 unspecified atom stereocenters. The van der Waals surface area contributed by atoms with Gasteiger partial charge < -0.3 is 40.5 Å². The van der Waals surface area contributed by atoms with E-state index in [0.29, 0.717) is 5.52 Å². The molecule has 5 rings (SSSR count). The summed E-state index contributed by atoms with van der Waals surface area (Å²) in [7, 11) is -5.02. The highest BCUT2D eigenvalue weighted by Crippen LogP contribution is 2.49. The summed E-state index contributed by atoms with van der Waals surface area (Å²) in [5.41, 5.74) is 4.73. The molecule has 0 amide bonds. The van der Waals surface area contributed by atoms with Gasteiger partial charge in [-0.25, -0.2) is 13.9 Å². The average Bonchev–Trinajstić information content (AvgIpc) is 3.53. The third-order valence-corrected chi connectivity index (χ3v) is 7.32. The Bertz CT molecular complexity index is 1510. The van der Waals surface area contributed by atoms with Crippen molar-refractivity contribution >= 4 is 24.8 Å². The predicted octanol–water partition coefficient (Wildman–Crippen LogP) is -4.25. The van der Waals surface area contributed by atoms with Crippen LogP contribution in [-0.2, 0) is 23.1 Å². The molecular formula is C19H25N7O12P+. The molecule has 3 aromatic heterocycles. The Morgan fingerprint density at radius 1 is 1.15 bits per heavy atom. The molecule has 20 heteroatoms. The number of aliphatic hydroxyl groups excluding tert-OH is 4. The van der Waals surface area contributed by atoms with Gasteiger partial charge in [-0.3, -0.25) is 28.4 Å². The molecule has 3 aromatic rings. The van der Waals surface area contributed by atoms with Crippen LogP contribution in [0.2, 0.25) is 0 Å². The number of phosphoric acid groups is 1. The number of nitrogens with two attached hydrogens (primary N) is 1. The van der Waals surface area contributed by atoms with Crippen molar-refractivity contribution in [1.29, 1.82) is 0 Å². The summed E-state index contributed by atoms with van der Waals surface area (Å²) in [6, 6.07) is 1.00. The second-order valence-electron chi connectivity index (χ2n) is 8.77. The fraction of sp³-hybridized carbons (Fsp3) is 0.526. The first-order valence-electron chi connectivity index (χ1n) is 11.4. The molecule has 2 fully saturated rings. The predicted molar refractivity (Wildman–Crippen MR) is 123 cm³/mol. The molecule has 0 bridgehead atoms. The number of aliphatic hydroxyl groups is 4. The molecule has 5 heterocycles. The molecule has 0 spiro atoms. The van der Waals surface area contributed by atoms with Crippen LogP contribution < -0.4 is 21.5 Å². The second kappa shape index (κ2) is 10.5. The van der Waals surface area contributed by atoms with Crippen molar-refractivity contribution in [3.63, 3.8) is 0 Å². The van der Waals surface area contributed by atoms with E-state index in [0.717, 1.165) is 16.8 Å². The van der Waals surface area contributed by atoms with Gasteiger partial charge in [0.1, 0.15) is 30.5 Å². The fourth-order valence-corrected chi connectivity index (χ4v) is 5.33. The summed E-state index contributed by atoms with van der Waals surface area (Å²) in [6.45, 7) is -1.44. The van der Waals surface area contributed by atoms with Gasteiger partial charge in [-0.05, 0) is 0 Å². The highest BCUT2D eigenvalue weighted by atomic mass is 31.2. The van der Waals surface area contributed by atoms with Crippen LogP contribution in [0.1, 0.15) is 12.5 Å². The number of nitrogen functional groups attached to an aromatic ring is 1. The molecule has 39 heavy (non-hydrogen) atoms. The molecule has 0 saturated carbocycles. The van der Waals surface area contributed by atoms with E-state index in [9.17, 15) is 39.5 Å². The Kier molecular flexibility index (Phi) is 7.37. The molecule has 0 aromatic carbocycles. The van der Waals surface area contributed by atoms with Crippen LogP contribution in [0.15, 0.2) is 34.5 Å². The van der Waals surface area contributed by atoms with Gasteiger partial charge in [0, 0.05) is 12.3 Å². The first-order chi connectivity index (χ1) is 18.5. The summed E-state index contributed by atoms with van der Waals surface area (Å²) in [4.78, 5) is 46.5. The summed E-state index contributed by atoms with van der Waals surface area (Å²) < 4.78 is 36.3. The smallest absolute Gasteiger partial charge is 0.394 e. The molecule has 19 nitrogen and oxygen atoms in total. The Labute approximate surface area is 216 Å². The number of hydrogen-bond donors (Lipinski definition) is 8. The lowest BCUT2D eigenvalue weighted by Gasteiger charge is -2.23. The van der Waals surface area contributed by atoms with Crippen LogP contribution in [0.3, 0.4) is 0 Å². The van der Waals surface area contributed by atoms with E-state index in [1.165, 1.54) is 17.2 Å². The van der Waals surface area contributed by atoms with E-state index >= 15 is 0 Å². The van der Waals surface area contributed by atoms with Gasteiger partial charge in [0.15, 0.2) is 30.8 Å². The van der Waals surface area contributed by atoms with Crippen LogP contribution in [0.25, 0.3) is 11.2 Å². The number of aromatic amines is 2. The Morgan fingerprint density at radius 3 is 2.64 bits per heavy atom. The van der Waals surface area contributed by atoms with Crippen molar-refractivity contribution in [2.75, 3.05) is 18.9 Å². The van der Waals surface area contributed by atoms with Crippen molar-refractivity contribution in [2.45, 2.75) is 49.1 Å². The van der Waals surface area contributed by atoms with E-state index in [-0.39, 0.29) is 11.5 Å². The maximum atomic E-state index is 12.9. The van der Waals surface area contributed by atoms with Crippen molar-refractivity contribution in [3.8, 4) is 0 Å². The van der Waals surface area contributed by atoms with Gasteiger partial charge >= 0.3 is 19.2 Å². The number of fused-ring (bicyclic) bond motifs is 1. The highest BCUT2D eigenvalue weighted by Gasteiger charge is 2.52. The lowest BCUT2D eigenvalue weighted by Crippen LogP contribution is -2.46. The molecule has 2 aliphatic rings. The second-order valence-corrected chi connectivity index (χ2v) is 10.2. The number of anilines is 1. The lowest BCUT2D eigenvalue weighted by molar-refractivity contribution is -0.744. The van der Waals surface area contributed by atoms with Crippen LogP contribution in [0, 0.1) is 0 Å². The monoisotopic (exact) mass is 574 g/mol. The summed E-state index contributed by atoms with van der Waals surface area (Å²) in [5.74, 6) is 0.101. The van der Waals surface area contributed by atoms with Gasteiger partial charge in [-0.2, -0.15) is 4.98 Å². The van der Waals surface area contributed by atoms with Gasteiger partial charge in [0.2, 0.25) is 11.7 Å². The van der Waals surface area contributed by atoms with E-state index in [2.05, 4.69) is 15.0 Å². The van der Waals surface area contributed by atoms with Crippen LogP contribution in [0.4, 0.5) is 5.82 Å². The Balaban J connectivity index is 1.31. The number of phosphoric ester groups is 1. The zero-order chi connectivity index (χ0) is 28.1. The molecule has 9 N–H and O–H groups in total. The highest BCUT2D eigenvalue weighted by molar-refractivity contribution is 7.47. The maximum Gasteiger partial charge on any atom is 0.472 e. The van der Waals surface area contributed by atoms with Gasteiger partial charge in [-0.1, -0.05) is 4.98 Å². The molecule has 0 aliphatic carbocycles. The number of aromatic nitrogens is 6. The van der Waals surface area contributed by atoms with E-state index in [4.69, 9.17) is 24.3 Å². The van der Waals surface area contributed by atoms with Gasteiger partial charge in [0.05, 0.1) is 13.2 Å². The molecule has 0 radical (unpaired) electrons. The summed E-state index contributed by atoms with van der Waals surface area (Å²) in [6.07, 6.45) is -8.23. The number of rotatable bonds is 8. The molecule has 9 atom stereocenters. The van der Waals surface area contributed by atoms with E-state index in [1.807, 2.05) is 4.98 Å². The number of nitrogens with one attached hydrogen (secondary N) is 2. The third-order valence-electron chi connectivity index (χ3n) is 6.34. The van der Waals surface area contributed by atoms with Crippen molar-refractivity contribution in [3.05, 3.63) is 45.8 Å². The normalized spacial score (nSPS) is 32.5. The maximum absolute atomic E-state index is 12.9. The van der Waals surface area contributed by atoms with Crippen molar-refractivity contribution in [1.82, 2.24) is 24.5 Å². The largest absolute Gasteiger partial charge is 0.472 e. The van der Waals surface area contributed by atoms with Gasteiger partial charge in [-0.15, -0.1) is 0 Å². The number of H-pyrrole nitrogens is 2. The first-order valence-corrected chi connectivity index (χ1v) is 12.9. The van der Waals surface area contributed by atoms with Crippen LogP contribution >= 0.6 is 7.82 Å². The summed E-state index contributed by atoms with van der Waals surface area (Å²) in [5, 5.41) is 40.9. The van der Waals surface area contributed by atoms with Crippen molar-refractivity contribution in [2.24, 2.45) is 0 Å². The minimum absolute atomic E-state index is 0.101. The first kappa shape index (κ1) is 27.5. The van der Waals surface area contributed by atoms with E-state index in [1.54, 1.807) is 0 Å². The SMILES string of the molecule is Nc1ncnc2c1[nH]c[n+]2C1OC(CO)C(O)C1OP(=O)(O)OCC1OC(n2ccc(=O)[nH]c2=O)C(O)C1O. The zero-order valence-corrected chi connectivity index (χ0v) is 20.6. The minimum Gasteiger partial charge on any atom is -0.394 e. The Morgan fingerprint density at radius 2 is 1.92 bits per heavy atom. The van der Waals surface area contributed by atoms with Gasteiger partial charge in [0.25, 0.3) is 5.56 Å². The number of imidazole rings is 1. The molecular weight excluding hydrogens is 549 g/mol. The fourth-order valence-electron chi connectivity index (χ4n) is 4.40. The minimum atomic E-state index is -5.02. The average molecular weight is 574 g/mol. The molecule has 212 valence electrons.